The van der Waals surface area contributed by atoms with Crippen LogP contribution in [0.5, 0.6) is 0 Å². The Morgan fingerprint density at radius 3 is 1.93 bits per heavy atom. The molecule has 4 aromatic rings. The zero-order valence-corrected chi connectivity index (χ0v) is 24.7. The number of carboxylic acids is 1. The summed E-state index contributed by atoms with van der Waals surface area (Å²) in [5.74, 6) is -3.31. The Balaban J connectivity index is 1.28. The Labute approximate surface area is 253 Å². The van der Waals surface area contributed by atoms with Crippen LogP contribution in [0, 0.1) is 11.3 Å². The standard InChI is InChI=1S/C32H22F2N2O3S3/c1-36(2)20-6-3-19(4-7-20)5-9-22-11-13-26(40-22)28-15-16-29(42-28)27-14-12-23(41-27)10-8-21-17-24(25(18-35)32(37)38)30(33)31(34)39-21/h3-17H,1-2H3,(H,37,38)/b9-5+,10-8+,25-24-. The molecule has 0 fully saturated rings. The van der Waals surface area contributed by atoms with E-state index in [4.69, 9.17) is 15.1 Å². The maximum absolute atomic E-state index is 14.1. The SMILES string of the molecule is CN(C)c1ccc(/C=C/c2ccc(-c3ccc(-c4ccc(/C=C/C5=CC(=C(\C#N)C(=O)O)/C(F)=C(F)O5)s4)s3)s2)cc1. The van der Waals surface area contributed by atoms with E-state index in [1.54, 1.807) is 28.7 Å². The highest BCUT2D eigenvalue weighted by atomic mass is 32.1. The summed E-state index contributed by atoms with van der Waals surface area (Å²) >= 11 is 4.91. The fourth-order valence-corrected chi connectivity index (χ4v) is 6.96. The van der Waals surface area contributed by atoms with Crippen molar-refractivity contribution < 1.29 is 23.4 Å². The molecule has 0 saturated heterocycles. The Morgan fingerprint density at radius 1 is 0.833 bits per heavy atom. The molecule has 1 aliphatic heterocycles. The second kappa shape index (κ2) is 12.5. The minimum absolute atomic E-state index is 0.126. The monoisotopic (exact) mass is 616 g/mol. The van der Waals surface area contributed by atoms with E-state index < -0.39 is 29.0 Å². The number of rotatable bonds is 8. The summed E-state index contributed by atoms with van der Waals surface area (Å²) in [7, 11) is 4.04. The number of hydrogen-bond acceptors (Lipinski definition) is 7. The molecule has 0 atom stereocenters. The lowest BCUT2D eigenvalue weighted by atomic mass is 10.1. The summed E-state index contributed by atoms with van der Waals surface area (Å²) in [6.45, 7) is 0. The summed E-state index contributed by atoms with van der Waals surface area (Å²) in [5.41, 5.74) is 0.720. The Hall–Kier alpha value is -4.56. The topological polar surface area (TPSA) is 73.6 Å². The molecule has 0 radical (unpaired) electrons. The molecule has 0 spiro atoms. The summed E-state index contributed by atoms with van der Waals surface area (Å²) in [6.07, 6.45) is 8.27. The van der Waals surface area contributed by atoms with Crippen molar-refractivity contribution >= 4 is 63.9 Å². The average Bonchev–Trinajstić information content (AvgIpc) is 3.74. The Morgan fingerprint density at radius 2 is 1.38 bits per heavy atom. The molecule has 5 rings (SSSR count). The number of allylic oxidation sites excluding steroid dienone is 4. The predicted molar refractivity (Wildman–Crippen MR) is 168 cm³/mol. The fraction of sp³-hybridized carbons (Fsp3) is 0.0625. The second-order valence-corrected chi connectivity index (χ2v) is 12.5. The predicted octanol–water partition coefficient (Wildman–Crippen LogP) is 9.38. The van der Waals surface area contributed by atoms with Crippen LogP contribution in [0.4, 0.5) is 14.5 Å². The summed E-state index contributed by atoms with van der Waals surface area (Å²) in [5, 5.41) is 18.2. The zero-order chi connectivity index (χ0) is 29.8. The number of halogens is 2. The van der Waals surface area contributed by atoms with Crippen molar-refractivity contribution in [1.29, 1.82) is 5.26 Å². The lowest BCUT2D eigenvalue weighted by molar-refractivity contribution is -0.132. The van der Waals surface area contributed by atoms with Gasteiger partial charge in [-0.05, 0) is 78.4 Å². The van der Waals surface area contributed by atoms with E-state index in [9.17, 15) is 13.6 Å². The highest BCUT2D eigenvalue weighted by Gasteiger charge is 2.25. The van der Waals surface area contributed by atoms with Crippen molar-refractivity contribution in [2.75, 3.05) is 19.0 Å². The molecule has 0 bridgehead atoms. The number of anilines is 1. The molecule has 3 aromatic heterocycles. The van der Waals surface area contributed by atoms with E-state index in [0.29, 0.717) is 0 Å². The van der Waals surface area contributed by atoms with E-state index in [1.807, 2.05) is 26.2 Å². The summed E-state index contributed by atoms with van der Waals surface area (Å²) in [6, 6.07) is 20.5. The maximum Gasteiger partial charge on any atom is 0.347 e. The van der Waals surface area contributed by atoms with Gasteiger partial charge in [0.05, 0.1) is 0 Å². The molecule has 1 N–H and O–H groups in total. The van der Waals surface area contributed by atoms with Gasteiger partial charge in [0.15, 0.2) is 0 Å². The molecule has 4 heterocycles. The smallest absolute Gasteiger partial charge is 0.347 e. The van der Waals surface area contributed by atoms with Gasteiger partial charge in [0.1, 0.15) is 17.4 Å². The lowest BCUT2D eigenvalue weighted by Gasteiger charge is -2.12. The molecular weight excluding hydrogens is 595 g/mol. The van der Waals surface area contributed by atoms with Crippen molar-refractivity contribution in [3.63, 3.8) is 0 Å². The maximum atomic E-state index is 14.1. The third kappa shape index (κ3) is 6.50. The van der Waals surface area contributed by atoms with Gasteiger partial charge in [-0.15, -0.1) is 34.0 Å². The van der Waals surface area contributed by atoms with Crippen molar-refractivity contribution in [3.8, 4) is 25.6 Å². The second-order valence-electron chi connectivity index (χ2n) is 9.16. The van der Waals surface area contributed by atoms with E-state index in [-0.39, 0.29) is 5.76 Å². The highest BCUT2D eigenvalue weighted by molar-refractivity contribution is 7.26. The zero-order valence-electron chi connectivity index (χ0n) is 22.3. The van der Waals surface area contributed by atoms with Crippen LogP contribution < -0.4 is 4.90 Å². The highest BCUT2D eigenvalue weighted by Crippen LogP contribution is 2.40. The molecule has 0 aliphatic carbocycles. The van der Waals surface area contributed by atoms with Gasteiger partial charge in [-0.3, -0.25) is 0 Å². The minimum atomic E-state index is -1.66. The number of carbonyl (C=O) groups is 1. The number of benzene rings is 1. The third-order valence-electron chi connectivity index (χ3n) is 6.10. The Kier molecular flexibility index (Phi) is 8.64. The van der Waals surface area contributed by atoms with Crippen molar-refractivity contribution in [1.82, 2.24) is 0 Å². The largest absolute Gasteiger partial charge is 0.477 e. The first-order chi connectivity index (χ1) is 20.2. The quantitative estimate of drug-likeness (QED) is 0.158. The van der Waals surface area contributed by atoms with Crippen LogP contribution in [0.3, 0.4) is 0 Å². The molecule has 5 nitrogen and oxygen atoms in total. The van der Waals surface area contributed by atoms with Crippen LogP contribution in [-0.2, 0) is 9.53 Å². The lowest BCUT2D eigenvalue weighted by Crippen LogP contribution is -2.07. The Bertz CT molecular complexity index is 1840. The normalized spacial score (nSPS) is 14.7. The number of aliphatic carboxylic acids is 1. The van der Waals surface area contributed by atoms with Crippen LogP contribution in [-0.4, -0.2) is 25.2 Å². The van der Waals surface area contributed by atoms with Crippen LogP contribution >= 0.6 is 34.0 Å². The van der Waals surface area contributed by atoms with Gasteiger partial charge in [0, 0.05) is 54.6 Å². The van der Waals surface area contributed by atoms with Crippen molar-refractivity contribution in [2.24, 2.45) is 0 Å². The first kappa shape index (κ1) is 29.0. The first-order valence-electron chi connectivity index (χ1n) is 12.5. The number of ether oxygens (including phenoxy) is 1. The van der Waals surface area contributed by atoms with E-state index in [1.165, 1.54) is 28.4 Å². The molecule has 1 aromatic carbocycles. The number of carboxylic acid groups (broad SMARTS) is 1. The van der Waals surface area contributed by atoms with E-state index in [0.717, 1.165) is 41.7 Å². The molecule has 0 unspecified atom stereocenters. The van der Waals surface area contributed by atoms with Gasteiger partial charge in [-0.2, -0.15) is 14.0 Å². The van der Waals surface area contributed by atoms with E-state index in [2.05, 4.69) is 65.6 Å². The van der Waals surface area contributed by atoms with Gasteiger partial charge in [-0.25, -0.2) is 4.79 Å². The van der Waals surface area contributed by atoms with Gasteiger partial charge in [-0.1, -0.05) is 18.2 Å². The minimum Gasteiger partial charge on any atom is -0.477 e. The van der Waals surface area contributed by atoms with Crippen LogP contribution in [0.25, 0.3) is 37.7 Å². The molecule has 210 valence electrons. The number of thiophene rings is 3. The van der Waals surface area contributed by atoms with Gasteiger partial charge in [0.2, 0.25) is 5.83 Å². The van der Waals surface area contributed by atoms with Crippen LogP contribution in [0.15, 0.2) is 102 Å². The van der Waals surface area contributed by atoms with E-state index >= 15 is 0 Å². The summed E-state index contributed by atoms with van der Waals surface area (Å²) in [4.78, 5) is 19.8. The average molecular weight is 617 g/mol. The fourth-order valence-electron chi connectivity index (χ4n) is 3.96. The van der Waals surface area contributed by atoms with Gasteiger partial charge < -0.3 is 14.7 Å². The number of nitriles is 1. The van der Waals surface area contributed by atoms with Crippen LogP contribution in [0.1, 0.15) is 15.3 Å². The third-order valence-corrected chi connectivity index (χ3v) is 9.68. The molecular formula is C32H22F2N2O3S3. The molecule has 1 aliphatic rings. The number of nitrogens with zero attached hydrogens (tertiary/aromatic N) is 2. The van der Waals surface area contributed by atoms with Crippen molar-refractivity contribution in [2.45, 2.75) is 0 Å². The molecule has 42 heavy (non-hydrogen) atoms. The van der Waals surface area contributed by atoms with Gasteiger partial charge >= 0.3 is 12.0 Å². The molecule has 10 heteroatoms. The van der Waals surface area contributed by atoms with Crippen molar-refractivity contribution in [3.05, 3.63) is 117 Å². The van der Waals surface area contributed by atoms with Gasteiger partial charge in [0.25, 0.3) is 0 Å². The van der Waals surface area contributed by atoms with Crippen LogP contribution in [0.2, 0.25) is 0 Å². The first-order valence-corrected chi connectivity index (χ1v) is 14.9. The molecule has 0 amide bonds. The molecule has 0 saturated carbocycles. The summed E-state index contributed by atoms with van der Waals surface area (Å²) < 4.78 is 32.8. The number of hydrogen-bond donors (Lipinski definition) is 1.